The second-order valence-electron chi connectivity index (χ2n) is 4.08. The van der Waals surface area contributed by atoms with E-state index >= 15 is 0 Å². The Balaban J connectivity index is 1.86. The van der Waals surface area contributed by atoms with Crippen molar-refractivity contribution in [1.29, 1.82) is 0 Å². The van der Waals surface area contributed by atoms with E-state index in [0.29, 0.717) is 15.4 Å². The number of amides is 1. The molecule has 0 unspecified atom stereocenters. The number of carbonyl (C=O) groups is 2. The number of rotatable bonds is 4. The molecule has 0 aliphatic heterocycles. The zero-order valence-corrected chi connectivity index (χ0v) is 11.5. The Morgan fingerprint density at radius 2 is 1.95 bits per heavy atom. The lowest BCUT2D eigenvalue weighted by Gasteiger charge is -2.06. The quantitative estimate of drug-likeness (QED) is 0.530. The average Bonchev–Trinajstić information content (AvgIpc) is 2.45. The molecule has 0 spiro atoms. The summed E-state index contributed by atoms with van der Waals surface area (Å²) in [6, 6.07) is 9.22. The first-order chi connectivity index (χ1) is 10.0. The number of hydrogen-bond donors (Lipinski definition) is 1. The summed E-state index contributed by atoms with van der Waals surface area (Å²) in [5.74, 6) is -1.17. The number of aromatic nitrogens is 1. The van der Waals surface area contributed by atoms with E-state index < -0.39 is 18.5 Å². The Morgan fingerprint density at radius 3 is 2.62 bits per heavy atom. The average molecular weight is 307 g/mol. The lowest BCUT2D eigenvalue weighted by Crippen LogP contribution is -2.25. The Bertz CT molecular complexity index is 658. The lowest BCUT2D eigenvalue weighted by molar-refractivity contribution is -0.605. The summed E-state index contributed by atoms with van der Waals surface area (Å²) < 4.78 is 5.38. The van der Waals surface area contributed by atoms with E-state index in [0.717, 1.165) is 0 Å². The molecule has 2 aromatic rings. The number of esters is 1. The van der Waals surface area contributed by atoms with Gasteiger partial charge in [-0.2, -0.15) is 4.73 Å². The highest BCUT2D eigenvalue weighted by Crippen LogP contribution is 2.14. The van der Waals surface area contributed by atoms with Gasteiger partial charge in [0.05, 0.1) is 5.56 Å². The van der Waals surface area contributed by atoms with Crippen LogP contribution in [-0.2, 0) is 9.53 Å². The van der Waals surface area contributed by atoms with Crippen molar-refractivity contribution in [3.63, 3.8) is 0 Å². The number of halogens is 1. The van der Waals surface area contributed by atoms with Crippen molar-refractivity contribution in [1.82, 2.24) is 0 Å². The predicted octanol–water partition coefficient (Wildman–Crippen LogP) is 1.77. The first kappa shape index (κ1) is 14.8. The van der Waals surface area contributed by atoms with Gasteiger partial charge >= 0.3 is 5.97 Å². The normalized spacial score (nSPS) is 9.95. The number of benzene rings is 1. The fourth-order valence-corrected chi connectivity index (χ4v) is 1.72. The van der Waals surface area contributed by atoms with Gasteiger partial charge in [-0.05, 0) is 18.2 Å². The van der Waals surface area contributed by atoms with Crippen LogP contribution in [0.1, 0.15) is 10.4 Å². The van der Waals surface area contributed by atoms with Crippen molar-refractivity contribution in [3.8, 4) is 0 Å². The maximum absolute atomic E-state index is 11.6. The van der Waals surface area contributed by atoms with Gasteiger partial charge in [-0.3, -0.25) is 4.79 Å². The molecule has 0 saturated carbocycles. The van der Waals surface area contributed by atoms with E-state index in [1.165, 1.54) is 24.5 Å². The molecule has 0 aliphatic carbocycles. The number of ether oxygens (including phenoxy) is 1. The molecule has 1 N–H and O–H groups in total. The summed E-state index contributed by atoms with van der Waals surface area (Å²) in [5.41, 5.74) is 0.702. The van der Waals surface area contributed by atoms with Crippen LogP contribution in [0.15, 0.2) is 48.8 Å². The summed E-state index contributed by atoms with van der Waals surface area (Å²) in [5, 5.41) is 13.9. The number of nitrogens with zero attached hydrogens (tertiary/aromatic N) is 1. The Hall–Kier alpha value is -2.60. The van der Waals surface area contributed by atoms with Gasteiger partial charge in [0.15, 0.2) is 19.0 Å². The molecule has 1 amide bonds. The molecule has 0 bridgehead atoms. The van der Waals surface area contributed by atoms with Crippen LogP contribution in [0.2, 0.25) is 5.02 Å². The number of nitrogens with one attached hydrogen (secondary N) is 1. The van der Waals surface area contributed by atoms with Crippen molar-refractivity contribution >= 4 is 29.2 Å². The fourth-order valence-electron chi connectivity index (χ4n) is 1.53. The molecular formula is C14H11ClN2O4. The van der Waals surface area contributed by atoms with Crippen LogP contribution in [0.25, 0.3) is 0 Å². The standard InChI is InChI=1S/C14H11ClN2O4/c15-11-2-1-3-12(8-11)16-13(18)9-21-14(19)10-4-6-17(20)7-5-10/h1-8H,9H2,(H,16,18). The molecule has 6 nitrogen and oxygen atoms in total. The number of carbonyl (C=O) groups excluding carboxylic acids is 2. The molecular weight excluding hydrogens is 296 g/mol. The van der Waals surface area contributed by atoms with E-state index in [2.05, 4.69) is 5.32 Å². The SMILES string of the molecule is O=C(COC(=O)c1cc[n+]([O-])cc1)Nc1cccc(Cl)c1. The van der Waals surface area contributed by atoms with Crippen LogP contribution in [0.3, 0.4) is 0 Å². The van der Waals surface area contributed by atoms with Gasteiger partial charge < -0.3 is 15.3 Å². The molecule has 0 atom stereocenters. The molecule has 1 aromatic heterocycles. The van der Waals surface area contributed by atoms with E-state index in [1.807, 2.05) is 0 Å². The largest absolute Gasteiger partial charge is 0.619 e. The molecule has 0 radical (unpaired) electrons. The van der Waals surface area contributed by atoms with E-state index in [4.69, 9.17) is 16.3 Å². The molecule has 7 heteroatoms. The highest BCUT2D eigenvalue weighted by atomic mass is 35.5. The minimum atomic E-state index is -0.683. The van der Waals surface area contributed by atoms with Crippen molar-refractivity contribution < 1.29 is 19.1 Å². The molecule has 21 heavy (non-hydrogen) atoms. The topological polar surface area (TPSA) is 82.3 Å². The molecule has 0 fully saturated rings. The summed E-state index contributed by atoms with van der Waals surface area (Å²) >= 11 is 5.78. The first-order valence-corrected chi connectivity index (χ1v) is 6.34. The van der Waals surface area contributed by atoms with E-state index in [-0.39, 0.29) is 5.56 Å². The second kappa shape index (κ2) is 6.71. The highest BCUT2D eigenvalue weighted by molar-refractivity contribution is 6.30. The molecule has 1 aromatic carbocycles. The van der Waals surface area contributed by atoms with Gasteiger partial charge in [0, 0.05) is 22.8 Å². The minimum Gasteiger partial charge on any atom is -0.619 e. The van der Waals surface area contributed by atoms with E-state index in [1.54, 1.807) is 24.3 Å². The highest BCUT2D eigenvalue weighted by Gasteiger charge is 2.11. The van der Waals surface area contributed by atoms with Crippen LogP contribution < -0.4 is 10.0 Å². The minimum absolute atomic E-state index is 0.192. The van der Waals surface area contributed by atoms with Gasteiger partial charge in [-0.25, -0.2) is 4.79 Å². The van der Waals surface area contributed by atoms with Gasteiger partial charge in [-0.1, -0.05) is 17.7 Å². The molecule has 2 rings (SSSR count). The first-order valence-electron chi connectivity index (χ1n) is 5.96. The Kier molecular flexibility index (Phi) is 4.73. The lowest BCUT2D eigenvalue weighted by atomic mass is 10.3. The molecule has 0 aliphatic rings. The van der Waals surface area contributed by atoms with Crippen molar-refractivity contribution in [2.75, 3.05) is 11.9 Å². The summed E-state index contributed by atoms with van der Waals surface area (Å²) in [7, 11) is 0. The summed E-state index contributed by atoms with van der Waals surface area (Å²) in [6.45, 7) is -0.433. The molecule has 1 heterocycles. The zero-order chi connectivity index (χ0) is 15.2. The zero-order valence-electron chi connectivity index (χ0n) is 10.8. The van der Waals surface area contributed by atoms with Crippen LogP contribution in [0, 0.1) is 5.21 Å². The predicted molar refractivity (Wildman–Crippen MR) is 75.8 cm³/mol. The number of anilines is 1. The number of hydrogen-bond acceptors (Lipinski definition) is 4. The van der Waals surface area contributed by atoms with Gasteiger partial charge in [-0.15, -0.1) is 0 Å². The maximum Gasteiger partial charge on any atom is 0.339 e. The summed E-state index contributed by atoms with van der Waals surface area (Å²) in [4.78, 5) is 23.3. The number of pyridine rings is 1. The second-order valence-corrected chi connectivity index (χ2v) is 4.52. The maximum atomic E-state index is 11.6. The third-order valence-electron chi connectivity index (χ3n) is 2.48. The fraction of sp³-hybridized carbons (Fsp3) is 0.0714. The van der Waals surface area contributed by atoms with Crippen molar-refractivity contribution in [2.24, 2.45) is 0 Å². The Morgan fingerprint density at radius 1 is 1.24 bits per heavy atom. The van der Waals surface area contributed by atoms with E-state index in [9.17, 15) is 14.8 Å². The third-order valence-corrected chi connectivity index (χ3v) is 2.72. The Labute approximate surface area is 125 Å². The van der Waals surface area contributed by atoms with Crippen LogP contribution in [0.4, 0.5) is 5.69 Å². The van der Waals surface area contributed by atoms with Crippen LogP contribution >= 0.6 is 11.6 Å². The van der Waals surface area contributed by atoms with Crippen LogP contribution in [-0.4, -0.2) is 18.5 Å². The molecule has 108 valence electrons. The van der Waals surface area contributed by atoms with Crippen molar-refractivity contribution in [2.45, 2.75) is 0 Å². The monoisotopic (exact) mass is 306 g/mol. The summed E-state index contributed by atoms with van der Waals surface area (Å²) in [6.07, 6.45) is 2.34. The van der Waals surface area contributed by atoms with Gasteiger partial charge in [0.2, 0.25) is 0 Å². The van der Waals surface area contributed by atoms with Crippen LogP contribution in [0.5, 0.6) is 0 Å². The third kappa shape index (κ3) is 4.47. The molecule has 0 saturated heterocycles. The smallest absolute Gasteiger partial charge is 0.339 e. The van der Waals surface area contributed by atoms with Gasteiger partial charge in [0.25, 0.3) is 5.91 Å². The van der Waals surface area contributed by atoms with Gasteiger partial charge in [0.1, 0.15) is 0 Å². The van der Waals surface area contributed by atoms with Crippen molar-refractivity contribution in [3.05, 3.63) is 64.6 Å².